The normalized spacial score (nSPS) is 18.5. The summed E-state index contributed by atoms with van der Waals surface area (Å²) in [5.41, 5.74) is 4.05. The number of aromatic hydroxyl groups is 3. The van der Waals surface area contributed by atoms with Gasteiger partial charge in [-0.05, 0) is 72.8 Å². The number of carbonyl (C=O) groups excluding carboxylic acids is 1. The van der Waals surface area contributed by atoms with Crippen molar-refractivity contribution in [1.82, 2.24) is 0 Å². The highest BCUT2D eigenvalue weighted by Gasteiger charge is 2.37. The predicted molar refractivity (Wildman–Crippen MR) is 139 cm³/mol. The van der Waals surface area contributed by atoms with Crippen molar-refractivity contribution in [1.29, 1.82) is 0 Å². The van der Waals surface area contributed by atoms with E-state index >= 15 is 0 Å². The first-order valence-corrected chi connectivity index (χ1v) is 12.6. The number of carbonyl (C=O) groups is 1. The Morgan fingerprint density at radius 3 is 2.56 bits per heavy atom. The molecule has 4 rings (SSSR count). The van der Waals surface area contributed by atoms with Crippen LogP contribution in [0.25, 0.3) is 0 Å². The van der Waals surface area contributed by atoms with Crippen molar-refractivity contribution in [3.8, 4) is 28.7 Å². The molecule has 2 aliphatic rings. The maximum atomic E-state index is 13.2. The summed E-state index contributed by atoms with van der Waals surface area (Å²) in [6, 6.07) is 4.80. The molecule has 2 heterocycles. The van der Waals surface area contributed by atoms with E-state index in [0.29, 0.717) is 35.3 Å². The van der Waals surface area contributed by atoms with E-state index < -0.39 is 6.10 Å². The van der Waals surface area contributed by atoms with Crippen LogP contribution < -0.4 is 9.47 Å². The second-order valence-corrected chi connectivity index (χ2v) is 10.7. The molecule has 0 saturated carbocycles. The Morgan fingerprint density at radius 1 is 1.08 bits per heavy atom. The minimum Gasteiger partial charge on any atom is -0.507 e. The molecule has 2 aliphatic heterocycles. The van der Waals surface area contributed by atoms with Gasteiger partial charge >= 0.3 is 0 Å². The first-order chi connectivity index (χ1) is 17.0. The Bertz CT molecular complexity index is 1250. The standard InChI is InChI=1S/C30H36O6/c1-17(2)7-6-8-18(3)9-10-20-19(11-12-22(31)28(20)33)24-15-23(32)27-26(35-24)16-25-21(29(27)34)13-14-30(4,5)36-25/h7,9,11-12,16,24,31,33-34H,6,8,10,13-15H2,1-5H3/t24-/m0/s1. The highest BCUT2D eigenvalue weighted by molar-refractivity contribution is 6.03. The molecule has 0 aromatic heterocycles. The SMILES string of the molecule is CC(C)=CCCC(C)=CCc1c([C@@H]2CC(=O)c3c(cc4c(c3O)CCC(C)(C)O4)O2)ccc(O)c1O. The third-order valence-corrected chi connectivity index (χ3v) is 7.00. The van der Waals surface area contributed by atoms with Crippen molar-refractivity contribution < 1.29 is 29.6 Å². The molecule has 0 saturated heterocycles. The van der Waals surface area contributed by atoms with Gasteiger partial charge < -0.3 is 24.8 Å². The van der Waals surface area contributed by atoms with Crippen molar-refractivity contribution in [2.45, 2.75) is 84.8 Å². The topological polar surface area (TPSA) is 96.2 Å². The number of ether oxygens (including phenoxy) is 2. The number of allylic oxidation sites excluding steroid dienone is 4. The molecule has 192 valence electrons. The van der Waals surface area contributed by atoms with Crippen LogP contribution in [-0.2, 0) is 12.8 Å². The van der Waals surface area contributed by atoms with E-state index in [0.717, 1.165) is 19.3 Å². The average molecular weight is 493 g/mol. The molecule has 6 nitrogen and oxygen atoms in total. The summed E-state index contributed by atoms with van der Waals surface area (Å²) in [7, 11) is 0. The van der Waals surface area contributed by atoms with Gasteiger partial charge in [-0.3, -0.25) is 4.79 Å². The fraction of sp³-hybridized carbons (Fsp3) is 0.433. The maximum Gasteiger partial charge on any atom is 0.174 e. The lowest BCUT2D eigenvalue weighted by Crippen LogP contribution is -2.33. The van der Waals surface area contributed by atoms with Crippen LogP contribution in [0, 0.1) is 0 Å². The minimum atomic E-state index is -0.667. The van der Waals surface area contributed by atoms with Gasteiger partial charge in [-0.1, -0.05) is 29.4 Å². The number of Topliss-reactive ketones (excluding diaryl/α,β-unsaturated/α-hetero) is 1. The lowest BCUT2D eigenvalue weighted by molar-refractivity contribution is 0.0782. The van der Waals surface area contributed by atoms with Crippen molar-refractivity contribution in [2.75, 3.05) is 0 Å². The van der Waals surface area contributed by atoms with Crippen LogP contribution in [-0.4, -0.2) is 26.7 Å². The molecule has 3 N–H and O–H groups in total. The van der Waals surface area contributed by atoms with Crippen LogP contribution in [0.1, 0.15) is 93.5 Å². The number of phenolic OH excluding ortho intramolecular Hbond substituents is 3. The summed E-state index contributed by atoms with van der Waals surface area (Å²) in [6.45, 7) is 10.2. The number of fused-ring (bicyclic) bond motifs is 2. The van der Waals surface area contributed by atoms with E-state index in [-0.39, 0.29) is 46.4 Å². The fourth-order valence-corrected chi connectivity index (χ4v) is 4.89. The van der Waals surface area contributed by atoms with E-state index in [1.807, 2.05) is 26.8 Å². The van der Waals surface area contributed by atoms with Gasteiger partial charge in [0.15, 0.2) is 17.3 Å². The molecule has 1 atom stereocenters. The van der Waals surface area contributed by atoms with Crippen LogP contribution in [0.4, 0.5) is 0 Å². The quantitative estimate of drug-likeness (QED) is 0.301. The van der Waals surface area contributed by atoms with E-state index in [4.69, 9.17) is 9.47 Å². The number of benzene rings is 2. The smallest absolute Gasteiger partial charge is 0.174 e. The summed E-state index contributed by atoms with van der Waals surface area (Å²) in [4.78, 5) is 13.2. The second kappa shape index (κ2) is 9.92. The van der Waals surface area contributed by atoms with Gasteiger partial charge in [-0.25, -0.2) is 0 Å². The van der Waals surface area contributed by atoms with Crippen LogP contribution in [0.2, 0.25) is 0 Å². The monoisotopic (exact) mass is 492 g/mol. The number of hydrogen-bond donors (Lipinski definition) is 3. The maximum absolute atomic E-state index is 13.2. The number of rotatable bonds is 6. The molecule has 6 heteroatoms. The molecular formula is C30H36O6. The van der Waals surface area contributed by atoms with Crippen LogP contribution in [0.5, 0.6) is 28.7 Å². The van der Waals surface area contributed by atoms with Crippen LogP contribution >= 0.6 is 0 Å². The van der Waals surface area contributed by atoms with Gasteiger partial charge in [-0.2, -0.15) is 0 Å². The zero-order valence-corrected chi connectivity index (χ0v) is 21.8. The zero-order chi connectivity index (χ0) is 26.2. The molecule has 2 aromatic carbocycles. The predicted octanol–water partition coefficient (Wildman–Crippen LogP) is 6.85. The summed E-state index contributed by atoms with van der Waals surface area (Å²) in [5.74, 6) is 0.0931. The molecule has 36 heavy (non-hydrogen) atoms. The van der Waals surface area contributed by atoms with Gasteiger partial charge in [0.2, 0.25) is 0 Å². The lowest BCUT2D eigenvalue weighted by Gasteiger charge is -2.35. The third kappa shape index (κ3) is 5.23. The Labute approximate surface area is 212 Å². The van der Waals surface area contributed by atoms with Gasteiger partial charge in [0.05, 0.1) is 6.42 Å². The number of ketones is 1. The van der Waals surface area contributed by atoms with Crippen LogP contribution in [0.3, 0.4) is 0 Å². The van der Waals surface area contributed by atoms with E-state index in [2.05, 4.69) is 19.9 Å². The van der Waals surface area contributed by atoms with Crippen molar-refractivity contribution in [2.24, 2.45) is 0 Å². The van der Waals surface area contributed by atoms with Crippen molar-refractivity contribution in [3.63, 3.8) is 0 Å². The Hall–Kier alpha value is -3.41. The Morgan fingerprint density at radius 2 is 1.83 bits per heavy atom. The molecule has 0 aliphatic carbocycles. The van der Waals surface area contributed by atoms with Gasteiger partial charge in [0.25, 0.3) is 0 Å². The first-order valence-electron chi connectivity index (χ1n) is 12.6. The van der Waals surface area contributed by atoms with Gasteiger partial charge in [0.1, 0.15) is 34.5 Å². The molecular weight excluding hydrogens is 456 g/mol. The lowest BCUT2D eigenvalue weighted by atomic mass is 9.87. The molecule has 0 fully saturated rings. The fourth-order valence-electron chi connectivity index (χ4n) is 4.89. The first kappa shape index (κ1) is 25.7. The summed E-state index contributed by atoms with van der Waals surface area (Å²) >= 11 is 0. The van der Waals surface area contributed by atoms with Crippen LogP contribution in [0.15, 0.2) is 41.5 Å². The summed E-state index contributed by atoms with van der Waals surface area (Å²) < 4.78 is 12.3. The highest BCUT2D eigenvalue weighted by Crippen LogP contribution is 2.49. The van der Waals surface area contributed by atoms with Gasteiger partial charge in [-0.15, -0.1) is 0 Å². The molecule has 0 radical (unpaired) electrons. The zero-order valence-electron chi connectivity index (χ0n) is 21.8. The molecule has 0 bridgehead atoms. The molecule has 2 aromatic rings. The molecule has 0 spiro atoms. The average Bonchev–Trinajstić information content (AvgIpc) is 2.78. The van der Waals surface area contributed by atoms with Crippen molar-refractivity contribution in [3.05, 3.63) is 63.8 Å². The third-order valence-electron chi connectivity index (χ3n) is 7.00. The highest BCUT2D eigenvalue weighted by atomic mass is 16.5. The number of hydrogen-bond acceptors (Lipinski definition) is 6. The Balaban J connectivity index is 1.66. The summed E-state index contributed by atoms with van der Waals surface area (Å²) in [6.07, 6.45) is 7.16. The van der Waals surface area contributed by atoms with Gasteiger partial charge in [0, 0.05) is 22.8 Å². The second-order valence-electron chi connectivity index (χ2n) is 10.7. The largest absolute Gasteiger partial charge is 0.507 e. The Kier molecular flexibility index (Phi) is 7.07. The van der Waals surface area contributed by atoms with Crippen molar-refractivity contribution >= 4 is 5.78 Å². The summed E-state index contributed by atoms with van der Waals surface area (Å²) in [5, 5.41) is 31.8. The van der Waals surface area contributed by atoms with E-state index in [1.54, 1.807) is 12.1 Å². The molecule has 0 amide bonds. The van der Waals surface area contributed by atoms with E-state index in [1.165, 1.54) is 17.2 Å². The minimum absolute atomic E-state index is 0.0200. The molecule has 0 unspecified atom stereocenters. The van der Waals surface area contributed by atoms with E-state index in [9.17, 15) is 20.1 Å². The number of phenols is 3.